The van der Waals surface area contributed by atoms with E-state index >= 15 is 0 Å². The molecule has 1 rings (SSSR count). The number of carbonyl (C=O) groups is 1. The van der Waals surface area contributed by atoms with Crippen molar-refractivity contribution < 1.29 is 4.79 Å². The van der Waals surface area contributed by atoms with Crippen LogP contribution >= 0.6 is 11.3 Å². The number of nitrogens with zero attached hydrogens (tertiary/aromatic N) is 2. The number of aromatic nitrogens is 1. The van der Waals surface area contributed by atoms with Gasteiger partial charge in [0.05, 0.1) is 10.6 Å². The first-order chi connectivity index (χ1) is 8.18. The Labute approximate surface area is 114 Å². The van der Waals surface area contributed by atoms with E-state index in [-0.39, 0.29) is 11.3 Å². The van der Waals surface area contributed by atoms with Crippen LogP contribution in [0.5, 0.6) is 0 Å². The van der Waals surface area contributed by atoms with Crippen molar-refractivity contribution in [2.24, 2.45) is 5.41 Å². The maximum atomic E-state index is 11.1. The van der Waals surface area contributed by atoms with E-state index in [0.717, 1.165) is 22.0 Å². The third-order valence-electron chi connectivity index (χ3n) is 3.46. The fourth-order valence-electron chi connectivity index (χ4n) is 1.73. The highest BCUT2D eigenvalue weighted by molar-refractivity contribution is 7.17. The fourth-order valence-corrected chi connectivity index (χ4v) is 2.80. The van der Waals surface area contributed by atoms with E-state index in [1.165, 1.54) is 11.3 Å². The average molecular weight is 268 g/mol. The minimum atomic E-state index is 0.180. The predicted molar refractivity (Wildman–Crippen MR) is 78.9 cm³/mol. The van der Waals surface area contributed by atoms with Gasteiger partial charge in [-0.2, -0.15) is 0 Å². The van der Waals surface area contributed by atoms with Crippen LogP contribution in [0.2, 0.25) is 0 Å². The summed E-state index contributed by atoms with van der Waals surface area (Å²) in [6, 6.07) is 0.364. The molecule has 1 atom stereocenters. The third-order valence-corrected chi connectivity index (χ3v) is 4.55. The molecule has 0 N–H and O–H groups in total. The van der Waals surface area contributed by atoms with Gasteiger partial charge in [0.15, 0.2) is 11.4 Å². The highest BCUT2D eigenvalue weighted by atomic mass is 32.1. The Morgan fingerprint density at radius 3 is 2.17 bits per heavy atom. The average Bonchev–Trinajstić information content (AvgIpc) is 2.69. The lowest BCUT2D eigenvalue weighted by atomic mass is 9.87. The first-order valence-corrected chi connectivity index (χ1v) is 7.18. The van der Waals surface area contributed by atoms with Crippen LogP contribution in [0, 0.1) is 5.41 Å². The van der Waals surface area contributed by atoms with E-state index in [9.17, 15) is 4.79 Å². The number of rotatable bonds is 4. The van der Waals surface area contributed by atoms with E-state index in [2.05, 4.69) is 51.4 Å². The highest BCUT2D eigenvalue weighted by Gasteiger charge is 2.26. The summed E-state index contributed by atoms with van der Waals surface area (Å²) in [4.78, 5) is 18.6. The lowest BCUT2D eigenvalue weighted by Gasteiger charge is -2.35. The van der Waals surface area contributed by atoms with E-state index in [0.29, 0.717) is 6.04 Å². The molecule has 4 heteroatoms. The Balaban J connectivity index is 3.07. The van der Waals surface area contributed by atoms with Crippen molar-refractivity contribution in [2.45, 2.75) is 53.5 Å². The summed E-state index contributed by atoms with van der Waals surface area (Å²) in [7, 11) is 2.05. The van der Waals surface area contributed by atoms with Gasteiger partial charge in [-0.05, 0) is 18.3 Å². The largest absolute Gasteiger partial charge is 0.348 e. The predicted octanol–water partition coefficient (Wildman–Crippen LogP) is 3.95. The van der Waals surface area contributed by atoms with E-state index in [4.69, 9.17) is 0 Å². The van der Waals surface area contributed by atoms with Crippen LogP contribution in [0.4, 0.5) is 5.13 Å². The van der Waals surface area contributed by atoms with Gasteiger partial charge in [0.1, 0.15) is 0 Å². The summed E-state index contributed by atoms with van der Waals surface area (Å²) in [5.74, 6) is 0.286. The molecule has 0 amide bonds. The number of thiazole rings is 1. The van der Waals surface area contributed by atoms with Crippen LogP contribution < -0.4 is 4.90 Å². The maximum absolute atomic E-state index is 11.1. The molecule has 0 saturated carbocycles. The van der Waals surface area contributed by atoms with E-state index in [1.807, 2.05) is 7.05 Å². The lowest BCUT2D eigenvalue weighted by molar-refractivity contribution is 0.112. The molecule has 18 heavy (non-hydrogen) atoms. The van der Waals surface area contributed by atoms with Crippen molar-refractivity contribution in [3.63, 3.8) is 0 Å². The standard InChI is InChI=1S/C14H24N2OS/c1-9(2)12-11(8-17)18-13(15-12)16(7)10(3)14(4,5)6/h8-10H,1-7H3. The smallest absolute Gasteiger partial charge is 0.186 e. The molecular formula is C14H24N2OS. The molecule has 0 spiro atoms. The summed E-state index contributed by atoms with van der Waals surface area (Å²) in [6.45, 7) is 13.0. The Bertz CT molecular complexity index is 418. The number of anilines is 1. The fraction of sp³-hybridized carbons (Fsp3) is 0.714. The first-order valence-electron chi connectivity index (χ1n) is 6.37. The number of hydrogen-bond donors (Lipinski definition) is 0. The molecule has 0 aliphatic heterocycles. The van der Waals surface area contributed by atoms with Gasteiger partial charge in [-0.25, -0.2) is 4.98 Å². The third kappa shape index (κ3) is 3.10. The van der Waals surface area contributed by atoms with Crippen molar-refractivity contribution in [3.8, 4) is 0 Å². The second kappa shape index (κ2) is 5.39. The molecule has 1 heterocycles. The summed E-state index contributed by atoms with van der Waals surface area (Å²) in [5.41, 5.74) is 1.10. The van der Waals surface area contributed by atoms with E-state index < -0.39 is 0 Å². The SMILES string of the molecule is CC(C)c1nc(N(C)C(C)C(C)(C)C)sc1C=O. The Morgan fingerprint density at radius 2 is 1.83 bits per heavy atom. The van der Waals surface area contributed by atoms with Gasteiger partial charge in [-0.3, -0.25) is 4.79 Å². The molecule has 3 nitrogen and oxygen atoms in total. The van der Waals surface area contributed by atoms with E-state index in [1.54, 1.807) is 0 Å². The molecule has 0 aliphatic rings. The second-order valence-electron chi connectivity index (χ2n) is 6.17. The Kier molecular flexibility index (Phi) is 4.54. The van der Waals surface area contributed by atoms with Crippen LogP contribution in [0.3, 0.4) is 0 Å². The van der Waals surface area contributed by atoms with Gasteiger partial charge < -0.3 is 4.90 Å². The molecule has 0 aliphatic carbocycles. The minimum Gasteiger partial charge on any atom is -0.348 e. The topological polar surface area (TPSA) is 33.2 Å². The monoisotopic (exact) mass is 268 g/mol. The zero-order chi connectivity index (χ0) is 14.1. The normalized spacial score (nSPS) is 13.8. The zero-order valence-electron chi connectivity index (χ0n) is 12.4. The first kappa shape index (κ1) is 15.2. The molecule has 1 aromatic heterocycles. The van der Waals surface area contributed by atoms with Gasteiger partial charge in [-0.1, -0.05) is 46.0 Å². The molecule has 1 unspecified atom stereocenters. The van der Waals surface area contributed by atoms with Gasteiger partial charge >= 0.3 is 0 Å². The quantitative estimate of drug-likeness (QED) is 0.775. The van der Waals surface area contributed by atoms with Crippen molar-refractivity contribution >= 4 is 22.8 Å². The van der Waals surface area contributed by atoms with Crippen LogP contribution in [0.15, 0.2) is 0 Å². The van der Waals surface area contributed by atoms with Crippen molar-refractivity contribution in [1.82, 2.24) is 4.98 Å². The van der Waals surface area contributed by atoms with Crippen molar-refractivity contribution in [1.29, 1.82) is 0 Å². The minimum absolute atomic E-state index is 0.180. The van der Waals surface area contributed by atoms with Crippen LogP contribution in [0.1, 0.15) is 62.8 Å². The van der Waals surface area contributed by atoms with Gasteiger partial charge in [0.2, 0.25) is 0 Å². The van der Waals surface area contributed by atoms with Crippen LogP contribution in [0.25, 0.3) is 0 Å². The molecule has 0 radical (unpaired) electrons. The van der Waals surface area contributed by atoms with Crippen LogP contribution in [-0.2, 0) is 0 Å². The summed E-state index contributed by atoms with van der Waals surface area (Å²) < 4.78 is 0. The molecule has 0 bridgehead atoms. The summed E-state index contributed by atoms with van der Waals surface area (Å²) >= 11 is 1.49. The molecule has 0 aromatic carbocycles. The molecule has 102 valence electrons. The number of hydrogen-bond acceptors (Lipinski definition) is 4. The number of carbonyl (C=O) groups excluding carboxylic acids is 1. The molecule has 1 aromatic rings. The molecule has 0 fully saturated rings. The zero-order valence-corrected chi connectivity index (χ0v) is 13.3. The second-order valence-corrected chi connectivity index (χ2v) is 7.18. The summed E-state index contributed by atoms with van der Waals surface area (Å²) in [6.07, 6.45) is 0.923. The van der Waals surface area contributed by atoms with Crippen LogP contribution in [-0.4, -0.2) is 24.4 Å². The molecule has 0 saturated heterocycles. The molecular weight excluding hydrogens is 244 g/mol. The lowest BCUT2D eigenvalue weighted by Crippen LogP contribution is -2.39. The highest BCUT2D eigenvalue weighted by Crippen LogP contribution is 2.33. The Morgan fingerprint density at radius 1 is 1.28 bits per heavy atom. The number of aldehydes is 1. The Hall–Kier alpha value is -0.900. The van der Waals surface area contributed by atoms with Crippen molar-refractivity contribution in [2.75, 3.05) is 11.9 Å². The maximum Gasteiger partial charge on any atom is 0.186 e. The van der Waals surface area contributed by atoms with Gasteiger partial charge in [0.25, 0.3) is 0 Å². The van der Waals surface area contributed by atoms with Crippen molar-refractivity contribution in [3.05, 3.63) is 10.6 Å². The van der Waals surface area contributed by atoms with Gasteiger partial charge in [-0.15, -0.1) is 0 Å². The van der Waals surface area contributed by atoms with Gasteiger partial charge in [0, 0.05) is 13.1 Å². The summed E-state index contributed by atoms with van der Waals surface area (Å²) in [5, 5.41) is 0.934.